The van der Waals surface area contributed by atoms with Crippen LogP contribution in [0.1, 0.15) is 30.5 Å². The third-order valence-electron chi connectivity index (χ3n) is 4.00. The summed E-state index contributed by atoms with van der Waals surface area (Å²) in [5.74, 6) is 0.450. The van der Waals surface area contributed by atoms with Crippen LogP contribution >= 0.6 is 24.0 Å². The molecule has 0 heterocycles. The number of hydrogen-bond acceptors (Lipinski definition) is 2. The lowest BCUT2D eigenvalue weighted by Crippen LogP contribution is -2.36. The van der Waals surface area contributed by atoms with Crippen LogP contribution in [-0.4, -0.2) is 25.1 Å². The van der Waals surface area contributed by atoms with Gasteiger partial charge < -0.3 is 21.3 Å². The van der Waals surface area contributed by atoms with Crippen LogP contribution < -0.4 is 21.3 Å². The number of aryl methyl sites for hydroxylation is 1. The maximum atomic E-state index is 13.3. The molecule has 0 spiro atoms. The van der Waals surface area contributed by atoms with Gasteiger partial charge in [-0.2, -0.15) is 0 Å². The molecule has 0 aliphatic rings. The fourth-order valence-corrected chi connectivity index (χ4v) is 2.54. The minimum absolute atomic E-state index is 0. The largest absolute Gasteiger partial charge is 0.352 e. The summed E-state index contributed by atoms with van der Waals surface area (Å²) in [6.07, 6.45) is 0. The highest BCUT2D eigenvalue weighted by Crippen LogP contribution is 2.10. The number of urea groups is 1. The van der Waals surface area contributed by atoms with Crippen molar-refractivity contribution in [2.24, 2.45) is 4.99 Å². The molecule has 2 aromatic carbocycles. The van der Waals surface area contributed by atoms with Crippen molar-refractivity contribution in [3.05, 3.63) is 65.0 Å². The lowest BCUT2D eigenvalue weighted by molar-refractivity contribution is 0.250. The number of nitrogens with zero attached hydrogens (tertiary/aromatic N) is 1. The highest BCUT2D eigenvalue weighted by Gasteiger charge is 2.04. The number of carbonyl (C=O) groups excluding carboxylic acids is 1. The zero-order valence-electron chi connectivity index (χ0n) is 17.2. The number of amides is 2. The van der Waals surface area contributed by atoms with Crippen LogP contribution in [-0.2, 0) is 13.1 Å². The average Bonchev–Trinajstić information content (AvgIpc) is 2.65. The van der Waals surface area contributed by atoms with Gasteiger partial charge in [0.05, 0.1) is 0 Å². The summed E-state index contributed by atoms with van der Waals surface area (Å²) in [7, 11) is 1.70. The predicted octanol–water partition coefficient (Wildman–Crippen LogP) is 4.15. The van der Waals surface area contributed by atoms with Crippen molar-refractivity contribution in [1.82, 2.24) is 16.0 Å². The van der Waals surface area contributed by atoms with E-state index in [1.54, 1.807) is 20.0 Å². The van der Waals surface area contributed by atoms with E-state index in [2.05, 4.69) is 26.3 Å². The fourth-order valence-electron chi connectivity index (χ4n) is 2.54. The van der Waals surface area contributed by atoms with Crippen molar-refractivity contribution in [3.63, 3.8) is 0 Å². The van der Waals surface area contributed by atoms with Gasteiger partial charge in [0.25, 0.3) is 0 Å². The van der Waals surface area contributed by atoms with Gasteiger partial charge in [0.2, 0.25) is 0 Å². The summed E-state index contributed by atoms with van der Waals surface area (Å²) in [6.45, 7) is 6.70. The van der Waals surface area contributed by atoms with Gasteiger partial charge in [-0.1, -0.05) is 24.3 Å². The molecule has 0 saturated heterocycles. The molecular formula is C21H29FIN5O. The molecule has 2 aromatic rings. The molecule has 4 N–H and O–H groups in total. The van der Waals surface area contributed by atoms with E-state index in [4.69, 9.17) is 0 Å². The quantitative estimate of drug-likeness (QED) is 0.267. The molecule has 0 fully saturated rings. The highest BCUT2D eigenvalue weighted by atomic mass is 127. The van der Waals surface area contributed by atoms with Gasteiger partial charge in [-0.05, 0) is 55.7 Å². The smallest absolute Gasteiger partial charge is 0.319 e. The molecule has 0 unspecified atom stereocenters. The number of carbonyl (C=O) groups is 1. The third-order valence-corrected chi connectivity index (χ3v) is 4.00. The molecule has 0 saturated carbocycles. The number of nitrogens with one attached hydrogen (secondary N) is 4. The topological polar surface area (TPSA) is 77.5 Å². The summed E-state index contributed by atoms with van der Waals surface area (Å²) in [5.41, 5.74) is 3.39. The van der Waals surface area contributed by atoms with Gasteiger partial charge in [-0.3, -0.25) is 4.99 Å². The van der Waals surface area contributed by atoms with Gasteiger partial charge in [-0.25, -0.2) is 9.18 Å². The zero-order chi connectivity index (χ0) is 20.5. The van der Waals surface area contributed by atoms with Crippen LogP contribution in [0.25, 0.3) is 0 Å². The molecule has 8 heteroatoms. The molecule has 0 aromatic heterocycles. The first kappa shape index (κ1) is 24.7. The molecule has 0 bridgehead atoms. The number of halogens is 2. The number of anilines is 1. The normalized spacial score (nSPS) is 10.9. The van der Waals surface area contributed by atoms with Crippen molar-refractivity contribution in [2.75, 3.05) is 12.4 Å². The van der Waals surface area contributed by atoms with Crippen molar-refractivity contribution in [2.45, 2.75) is 39.9 Å². The summed E-state index contributed by atoms with van der Waals surface area (Å²) in [4.78, 5) is 15.9. The van der Waals surface area contributed by atoms with E-state index >= 15 is 0 Å². The Hall–Kier alpha value is -2.36. The van der Waals surface area contributed by atoms with E-state index in [1.807, 2.05) is 44.2 Å². The maximum absolute atomic E-state index is 13.3. The van der Waals surface area contributed by atoms with E-state index < -0.39 is 0 Å². The number of benzene rings is 2. The summed E-state index contributed by atoms with van der Waals surface area (Å²) in [6, 6.07) is 12.5. The van der Waals surface area contributed by atoms with Crippen molar-refractivity contribution < 1.29 is 9.18 Å². The van der Waals surface area contributed by atoms with E-state index in [-0.39, 0.29) is 41.9 Å². The van der Waals surface area contributed by atoms with Gasteiger partial charge in [-0.15, -0.1) is 24.0 Å². The number of guanidine groups is 1. The predicted molar refractivity (Wildman–Crippen MR) is 127 cm³/mol. The highest BCUT2D eigenvalue weighted by molar-refractivity contribution is 14.0. The minimum Gasteiger partial charge on any atom is -0.352 e. The monoisotopic (exact) mass is 513 g/mol. The van der Waals surface area contributed by atoms with Crippen LogP contribution in [0.5, 0.6) is 0 Å². The van der Waals surface area contributed by atoms with E-state index in [0.29, 0.717) is 24.6 Å². The number of hydrogen-bond donors (Lipinski definition) is 4. The van der Waals surface area contributed by atoms with Gasteiger partial charge in [0, 0.05) is 31.9 Å². The van der Waals surface area contributed by atoms with E-state index in [1.165, 1.54) is 6.07 Å². The second-order valence-electron chi connectivity index (χ2n) is 6.81. The molecule has 0 radical (unpaired) electrons. The first-order valence-corrected chi connectivity index (χ1v) is 9.23. The van der Waals surface area contributed by atoms with E-state index in [0.717, 1.165) is 16.8 Å². The van der Waals surface area contributed by atoms with Gasteiger partial charge in [0.1, 0.15) is 5.82 Å². The van der Waals surface area contributed by atoms with Crippen LogP contribution in [0.3, 0.4) is 0 Å². The Balaban J connectivity index is 0.00000420. The zero-order valence-corrected chi connectivity index (χ0v) is 19.5. The Morgan fingerprint density at radius 2 is 1.62 bits per heavy atom. The SMILES string of the molecule is CN=C(NCc1ccc(NC(=O)NC(C)C)cc1)NCc1ccc(F)c(C)c1.I. The Labute approximate surface area is 188 Å². The Kier molecular flexibility index (Phi) is 10.4. The molecule has 158 valence electrons. The number of aliphatic imine (C=N–C) groups is 1. The van der Waals surface area contributed by atoms with Gasteiger partial charge >= 0.3 is 6.03 Å². The summed E-state index contributed by atoms with van der Waals surface area (Å²) in [5, 5.41) is 12.0. The standard InChI is InChI=1S/C21H28FN5O.HI/c1-14(2)26-21(28)27-18-8-5-16(6-9-18)12-24-20(23-4)25-13-17-7-10-19(22)15(3)11-17;/h5-11,14H,12-13H2,1-4H3,(H2,23,24,25)(H2,26,27,28);1H. The van der Waals surface area contributed by atoms with Crippen molar-refractivity contribution in [3.8, 4) is 0 Å². The molecule has 0 aliphatic heterocycles. The van der Waals surface area contributed by atoms with Gasteiger partial charge in [0.15, 0.2) is 5.96 Å². The molecule has 0 aliphatic carbocycles. The van der Waals surface area contributed by atoms with Crippen LogP contribution in [0.2, 0.25) is 0 Å². The molecule has 2 amide bonds. The second kappa shape index (κ2) is 12.3. The Bertz CT molecular complexity index is 824. The third kappa shape index (κ3) is 8.68. The lowest BCUT2D eigenvalue weighted by Gasteiger charge is -2.13. The lowest BCUT2D eigenvalue weighted by atomic mass is 10.1. The molecular weight excluding hydrogens is 484 g/mol. The summed E-state index contributed by atoms with van der Waals surface area (Å²) < 4.78 is 13.3. The van der Waals surface area contributed by atoms with Crippen LogP contribution in [0.15, 0.2) is 47.5 Å². The first-order valence-electron chi connectivity index (χ1n) is 9.23. The first-order chi connectivity index (χ1) is 13.4. The number of rotatable bonds is 6. The maximum Gasteiger partial charge on any atom is 0.319 e. The molecule has 6 nitrogen and oxygen atoms in total. The minimum atomic E-state index is -0.221. The van der Waals surface area contributed by atoms with Crippen LogP contribution in [0.4, 0.5) is 14.9 Å². The molecule has 0 atom stereocenters. The Morgan fingerprint density at radius 1 is 1.03 bits per heavy atom. The van der Waals surface area contributed by atoms with Crippen molar-refractivity contribution in [1.29, 1.82) is 0 Å². The Morgan fingerprint density at radius 3 is 2.17 bits per heavy atom. The second-order valence-corrected chi connectivity index (χ2v) is 6.81. The molecule has 29 heavy (non-hydrogen) atoms. The van der Waals surface area contributed by atoms with Crippen molar-refractivity contribution >= 4 is 41.7 Å². The summed E-state index contributed by atoms with van der Waals surface area (Å²) >= 11 is 0. The molecule has 2 rings (SSSR count). The van der Waals surface area contributed by atoms with E-state index in [9.17, 15) is 9.18 Å². The van der Waals surface area contributed by atoms with Crippen LogP contribution in [0, 0.1) is 12.7 Å². The fraction of sp³-hybridized carbons (Fsp3) is 0.333. The average molecular weight is 513 g/mol.